The smallest absolute Gasteiger partial charge is 0.260 e. The first-order chi connectivity index (χ1) is 7.69. The predicted molar refractivity (Wildman–Crippen MR) is 65.4 cm³/mol. The van der Waals surface area contributed by atoms with Crippen LogP contribution in [0.2, 0.25) is 0 Å². The maximum Gasteiger partial charge on any atom is 0.260 e. The maximum atomic E-state index is 9.21. The molecule has 0 aliphatic carbocycles. The minimum atomic E-state index is 0.00923. The van der Waals surface area contributed by atoms with E-state index in [1.54, 1.807) is 6.26 Å². The highest BCUT2D eigenvalue weighted by Crippen LogP contribution is 2.32. The van der Waals surface area contributed by atoms with Crippen LogP contribution in [0.3, 0.4) is 0 Å². The number of oxazole rings is 1. The van der Waals surface area contributed by atoms with Crippen molar-refractivity contribution in [3.8, 4) is 0 Å². The van der Waals surface area contributed by atoms with Gasteiger partial charge in [0.2, 0.25) is 0 Å². The van der Waals surface area contributed by atoms with Gasteiger partial charge >= 0.3 is 0 Å². The molecule has 0 amide bonds. The Labute approximate surface area is 106 Å². The van der Waals surface area contributed by atoms with Crippen LogP contribution in [-0.2, 0) is 6.61 Å². The Bertz CT molecular complexity index is 498. The van der Waals surface area contributed by atoms with E-state index in [2.05, 4.69) is 20.9 Å². The van der Waals surface area contributed by atoms with Gasteiger partial charge in [-0.1, -0.05) is 22.0 Å². The Morgan fingerprint density at radius 1 is 1.50 bits per heavy atom. The highest BCUT2D eigenvalue weighted by atomic mass is 79.9. The second-order valence-electron chi connectivity index (χ2n) is 3.27. The van der Waals surface area contributed by atoms with Gasteiger partial charge in [0.1, 0.15) is 6.26 Å². The van der Waals surface area contributed by atoms with Crippen LogP contribution in [0, 0.1) is 6.92 Å². The number of aromatic nitrogens is 1. The number of hydrogen-bond acceptors (Lipinski definition) is 4. The lowest BCUT2D eigenvalue weighted by Crippen LogP contribution is -1.87. The molecule has 16 heavy (non-hydrogen) atoms. The van der Waals surface area contributed by atoms with Gasteiger partial charge in [0, 0.05) is 9.37 Å². The largest absolute Gasteiger partial charge is 0.439 e. The Morgan fingerprint density at radius 3 is 2.94 bits per heavy atom. The van der Waals surface area contributed by atoms with Crippen molar-refractivity contribution in [2.45, 2.75) is 23.6 Å². The number of aliphatic hydroxyl groups excluding tert-OH is 1. The van der Waals surface area contributed by atoms with E-state index in [1.165, 1.54) is 11.8 Å². The van der Waals surface area contributed by atoms with Gasteiger partial charge < -0.3 is 9.52 Å². The van der Waals surface area contributed by atoms with Crippen molar-refractivity contribution in [1.82, 2.24) is 4.98 Å². The summed E-state index contributed by atoms with van der Waals surface area (Å²) in [6, 6.07) is 5.72. The summed E-state index contributed by atoms with van der Waals surface area (Å²) in [7, 11) is 0. The first kappa shape index (κ1) is 11.7. The van der Waals surface area contributed by atoms with E-state index < -0.39 is 0 Å². The topological polar surface area (TPSA) is 46.3 Å². The Hall–Kier alpha value is -0.780. The molecule has 1 heterocycles. The fourth-order valence-electron chi connectivity index (χ4n) is 1.23. The molecule has 84 valence electrons. The third kappa shape index (κ3) is 2.66. The second-order valence-corrected chi connectivity index (χ2v) is 5.18. The van der Waals surface area contributed by atoms with E-state index in [4.69, 9.17) is 4.42 Å². The highest BCUT2D eigenvalue weighted by Gasteiger charge is 2.08. The van der Waals surface area contributed by atoms with E-state index in [0.717, 1.165) is 20.6 Å². The van der Waals surface area contributed by atoms with E-state index in [9.17, 15) is 5.11 Å². The maximum absolute atomic E-state index is 9.21. The molecule has 0 spiro atoms. The van der Waals surface area contributed by atoms with Crippen LogP contribution in [0.25, 0.3) is 0 Å². The predicted octanol–water partition coefficient (Wildman–Crippen LogP) is 3.39. The van der Waals surface area contributed by atoms with Crippen molar-refractivity contribution in [2.24, 2.45) is 0 Å². The Kier molecular flexibility index (Phi) is 3.68. The molecule has 0 aliphatic rings. The fourth-order valence-corrected chi connectivity index (χ4v) is 2.66. The molecule has 0 saturated carbocycles. The van der Waals surface area contributed by atoms with E-state index >= 15 is 0 Å². The highest BCUT2D eigenvalue weighted by molar-refractivity contribution is 9.10. The van der Waals surface area contributed by atoms with Crippen molar-refractivity contribution in [3.63, 3.8) is 0 Å². The SMILES string of the molecule is Cc1coc(Sc2cc(Br)ccc2CO)n1. The summed E-state index contributed by atoms with van der Waals surface area (Å²) in [5.41, 5.74) is 1.71. The molecule has 0 radical (unpaired) electrons. The third-order valence-electron chi connectivity index (χ3n) is 1.99. The van der Waals surface area contributed by atoms with Gasteiger partial charge in [-0.05, 0) is 36.4 Å². The number of benzene rings is 1. The normalized spacial score (nSPS) is 10.7. The van der Waals surface area contributed by atoms with Crippen LogP contribution >= 0.6 is 27.7 Å². The van der Waals surface area contributed by atoms with Gasteiger partial charge in [-0.3, -0.25) is 0 Å². The first-order valence-corrected chi connectivity index (χ1v) is 6.29. The molecule has 1 aromatic heterocycles. The van der Waals surface area contributed by atoms with Gasteiger partial charge in [-0.25, -0.2) is 4.98 Å². The molecule has 0 fully saturated rings. The fraction of sp³-hybridized carbons (Fsp3) is 0.182. The molecule has 5 heteroatoms. The summed E-state index contributed by atoms with van der Waals surface area (Å²) >= 11 is 4.80. The molecule has 0 saturated heterocycles. The molecule has 2 aromatic rings. The standard InChI is InChI=1S/C11H10BrNO2S/c1-7-6-15-11(13-7)16-10-4-9(12)3-2-8(10)5-14/h2-4,6,14H,5H2,1H3. The lowest BCUT2D eigenvalue weighted by molar-refractivity contribution is 0.279. The lowest BCUT2D eigenvalue weighted by Gasteiger charge is -2.04. The summed E-state index contributed by atoms with van der Waals surface area (Å²) in [5.74, 6) is 0. The summed E-state index contributed by atoms with van der Waals surface area (Å²) in [6.07, 6.45) is 1.61. The summed E-state index contributed by atoms with van der Waals surface area (Å²) in [6.45, 7) is 1.89. The van der Waals surface area contributed by atoms with Crippen LogP contribution in [-0.4, -0.2) is 10.1 Å². The molecule has 1 aromatic carbocycles. The van der Waals surface area contributed by atoms with Crippen LogP contribution in [0.5, 0.6) is 0 Å². The van der Waals surface area contributed by atoms with E-state index in [0.29, 0.717) is 5.22 Å². The molecule has 0 atom stereocenters. The van der Waals surface area contributed by atoms with Gasteiger partial charge in [0.25, 0.3) is 5.22 Å². The minimum Gasteiger partial charge on any atom is -0.439 e. The summed E-state index contributed by atoms with van der Waals surface area (Å²) in [4.78, 5) is 5.15. The quantitative estimate of drug-likeness (QED) is 0.944. The average Bonchev–Trinajstić information content (AvgIpc) is 2.64. The zero-order valence-corrected chi connectivity index (χ0v) is 11.0. The van der Waals surface area contributed by atoms with E-state index in [-0.39, 0.29) is 6.61 Å². The number of aliphatic hydroxyl groups is 1. The number of rotatable bonds is 3. The van der Waals surface area contributed by atoms with Crippen LogP contribution in [0.15, 0.2) is 43.5 Å². The monoisotopic (exact) mass is 299 g/mol. The number of nitrogens with zero attached hydrogens (tertiary/aromatic N) is 1. The van der Waals surface area contributed by atoms with Gasteiger partial charge in [-0.15, -0.1) is 0 Å². The van der Waals surface area contributed by atoms with Crippen molar-refractivity contribution in [2.75, 3.05) is 0 Å². The molecule has 0 aliphatic heterocycles. The average molecular weight is 300 g/mol. The second kappa shape index (κ2) is 5.03. The third-order valence-corrected chi connectivity index (χ3v) is 3.45. The molecular formula is C11H10BrNO2S. The van der Waals surface area contributed by atoms with Crippen LogP contribution in [0.1, 0.15) is 11.3 Å². The number of hydrogen-bond donors (Lipinski definition) is 1. The van der Waals surface area contributed by atoms with Crippen molar-refractivity contribution in [3.05, 3.63) is 40.2 Å². The van der Waals surface area contributed by atoms with Crippen molar-refractivity contribution >= 4 is 27.7 Å². The molecule has 2 rings (SSSR count). The van der Waals surface area contributed by atoms with E-state index in [1.807, 2.05) is 25.1 Å². The van der Waals surface area contributed by atoms with Crippen molar-refractivity contribution < 1.29 is 9.52 Å². The van der Waals surface area contributed by atoms with Gasteiger partial charge in [-0.2, -0.15) is 0 Å². The summed E-state index contributed by atoms with van der Waals surface area (Å²) in [5, 5.41) is 9.80. The first-order valence-electron chi connectivity index (χ1n) is 4.68. The molecule has 0 unspecified atom stereocenters. The zero-order valence-electron chi connectivity index (χ0n) is 8.61. The Balaban J connectivity index is 2.29. The molecule has 1 N–H and O–H groups in total. The number of aryl methyl sites for hydroxylation is 1. The Morgan fingerprint density at radius 2 is 2.31 bits per heavy atom. The molecule has 3 nitrogen and oxygen atoms in total. The lowest BCUT2D eigenvalue weighted by atomic mass is 10.2. The van der Waals surface area contributed by atoms with Crippen molar-refractivity contribution in [1.29, 1.82) is 0 Å². The van der Waals surface area contributed by atoms with Gasteiger partial charge in [0.05, 0.1) is 12.3 Å². The zero-order chi connectivity index (χ0) is 11.5. The van der Waals surface area contributed by atoms with Crippen LogP contribution in [0.4, 0.5) is 0 Å². The molecule has 0 bridgehead atoms. The minimum absolute atomic E-state index is 0.00923. The molecular weight excluding hydrogens is 290 g/mol. The van der Waals surface area contributed by atoms with Gasteiger partial charge in [0.15, 0.2) is 0 Å². The summed E-state index contributed by atoms with van der Waals surface area (Å²) < 4.78 is 6.23. The number of halogens is 1. The van der Waals surface area contributed by atoms with Crippen LogP contribution < -0.4 is 0 Å².